The molecular formula is C12H16NO3. The number of carbonyl (C=O) groups excluding carboxylic acids is 1. The lowest BCUT2D eigenvalue weighted by Gasteiger charge is -2.18. The zero-order chi connectivity index (χ0) is 12.0. The Balaban J connectivity index is 2.24. The highest BCUT2D eigenvalue weighted by Crippen LogP contribution is 2.07. The molecule has 1 rings (SSSR count). The zero-order valence-corrected chi connectivity index (χ0v) is 9.77. The van der Waals surface area contributed by atoms with Crippen molar-refractivity contribution in [1.29, 1.82) is 0 Å². The Labute approximate surface area is 95.5 Å². The lowest BCUT2D eigenvalue weighted by atomic mass is 10.2. The number of nitrogens with zero attached hydrogens (tertiary/aromatic N) is 1. The van der Waals surface area contributed by atoms with Crippen molar-refractivity contribution in [2.24, 2.45) is 0 Å². The third-order valence-corrected chi connectivity index (χ3v) is 1.61. The van der Waals surface area contributed by atoms with Crippen LogP contribution in [0.25, 0.3) is 0 Å². The lowest BCUT2D eigenvalue weighted by molar-refractivity contribution is -0.0183. The molecule has 4 nitrogen and oxygen atoms in total. The largest absolute Gasteiger partial charge is 0.457 e. The van der Waals surface area contributed by atoms with E-state index in [0.717, 1.165) is 5.56 Å². The molecule has 1 aromatic carbocycles. The second-order valence-electron chi connectivity index (χ2n) is 4.33. The van der Waals surface area contributed by atoms with Gasteiger partial charge in [-0.05, 0) is 26.3 Å². The fourth-order valence-corrected chi connectivity index (χ4v) is 1.01. The number of hydrogen-bond acceptors (Lipinski definition) is 3. The van der Waals surface area contributed by atoms with E-state index in [1.54, 1.807) is 20.8 Å². The van der Waals surface area contributed by atoms with E-state index in [9.17, 15) is 4.79 Å². The summed E-state index contributed by atoms with van der Waals surface area (Å²) in [6.45, 7) is 5.59. The Hall–Kier alpha value is -1.55. The molecule has 0 fully saturated rings. The molecule has 0 saturated carbocycles. The maximum absolute atomic E-state index is 11.1. The Morgan fingerprint density at radius 3 is 2.44 bits per heavy atom. The van der Waals surface area contributed by atoms with Crippen LogP contribution in [-0.2, 0) is 16.2 Å². The summed E-state index contributed by atoms with van der Waals surface area (Å²) in [5.41, 5.74) is 3.75. The van der Waals surface area contributed by atoms with Gasteiger partial charge in [-0.2, -0.15) is 0 Å². The number of benzene rings is 1. The Morgan fingerprint density at radius 2 is 1.88 bits per heavy atom. The first kappa shape index (κ1) is 12.5. The first-order chi connectivity index (χ1) is 7.47. The van der Waals surface area contributed by atoms with E-state index >= 15 is 0 Å². The molecule has 1 amide bonds. The third kappa shape index (κ3) is 5.36. The SMILES string of the molecule is CC(C)(C)OC(=O)[N]OCc1ccccc1. The van der Waals surface area contributed by atoms with Crippen LogP contribution in [0, 0.1) is 0 Å². The molecule has 0 aliphatic rings. The van der Waals surface area contributed by atoms with Crippen molar-refractivity contribution >= 4 is 6.09 Å². The van der Waals surface area contributed by atoms with E-state index in [0.29, 0.717) is 0 Å². The highest BCUT2D eigenvalue weighted by molar-refractivity contribution is 5.65. The molecule has 16 heavy (non-hydrogen) atoms. The Kier molecular flexibility index (Phi) is 4.31. The van der Waals surface area contributed by atoms with Crippen LogP contribution >= 0.6 is 0 Å². The lowest BCUT2D eigenvalue weighted by Crippen LogP contribution is -2.28. The number of ether oxygens (including phenoxy) is 1. The summed E-state index contributed by atoms with van der Waals surface area (Å²) in [6.07, 6.45) is -0.705. The smallest absolute Gasteiger partial charge is 0.441 e. The molecule has 0 bridgehead atoms. The molecular weight excluding hydrogens is 206 g/mol. The third-order valence-electron chi connectivity index (χ3n) is 1.61. The van der Waals surface area contributed by atoms with Crippen molar-refractivity contribution in [3.63, 3.8) is 0 Å². The van der Waals surface area contributed by atoms with E-state index in [-0.39, 0.29) is 6.61 Å². The van der Waals surface area contributed by atoms with Gasteiger partial charge in [0, 0.05) is 0 Å². The van der Waals surface area contributed by atoms with Gasteiger partial charge in [0.25, 0.3) is 0 Å². The normalized spacial score (nSPS) is 10.9. The van der Waals surface area contributed by atoms with Gasteiger partial charge in [0.05, 0.1) is 0 Å². The van der Waals surface area contributed by atoms with E-state index in [2.05, 4.69) is 5.48 Å². The fourth-order valence-electron chi connectivity index (χ4n) is 1.01. The summed E-state index contributed by atoms with van der Waals surface area (Å²) in [5.74, 6) is 0. The second-order valence-corrected chi connectivity index (χ2v) is 4.33. The standard InChI is InChI=1S/C12H16NO3/c1-12(2,3)16-11(14)13-15-9-10-7-5-4-6-8-10/h4-8H,9H2,1-3H3. The summed E-state index contributed by atoms with van der Waals surface area (Å²) in [7, 11) is 0. The Morgan fingerprint density at radius 1 is 1.25 bits per heavy atom. The molecule has 0 unspecified atom stereocenters. The van der Waals surface area contributed by atoms with Crippen molar-refractivity contribution in [1.82, 2.24) is 5.48 Å². The number of hydroxylamine groups is 1. The van der Waals surface area contributed by atoms with Crippen LogP contribution in [0.3, 0.4) is 0 Å². The molecule has 0 aromatic heterocycles. The average molecular weight is 222 g/mol. The highest BCUT2D eigenvalue weighted by atomic mass is 16.7. The molecule has 0 aliphatic carbocycles. The van der Waals surface area contributed by atoms with Gasteiger partial charge in [-0.3, -0.25) is 0 Å². The van der Waals surface area contributed by atoms with Crippen LogP contribution in [-0.4, -0.2) is 11.7 Å². The fraction of sp³-hybridized carbons (Fsp3) is 0.417. The van der Waals surface area contributed by atoms with Crippen LogP contribution in [0.2, 0.25) is 0 Å². The Bertz CT molecular complexity index is 330. The summed E-state index contributed by atoms with van der Waals surface area (Å²) in [6, 6.07) is 9.49. The molecule has 87 valence electrons. The van der Waals surface area contributed by atoms with Crippen molar-refractivity contribution in [3.05, 3.63) is 35.9 Å². The molecule has 1 aromatic rings. The summed E-state index contributed by atoms with van der Waals surface area (Å²) in [5, 5.41) is 0. The minimum atomic E-state index is -0.705. The van der Waals surface area contributed by atoms with Gasteiger partial charge >= 0.3 is 6.09 Å². The summed E-state index contributed by atoms with van der Waals surface area (Å²) in [4.78, 5) is 16.0. The van der Waals surface area contributed by atoms with Gasteiger partial charge in [0.15, 0.2) is 0 Å². The molecule has 0 aliphatic heterocycles. The minimum Gasteiger partial charge on any atom is -0.441 e. The quantitative estimate of drug-likeness (QED) is 0.739. The maximum Gasteiger partial charge on any atom is 0.457 e. The molecule has 0 heterocycles. The van der Waals surface area contributed by atoms with Crippen molar-refractivity contribution in [2.75, 3.05) is 0 Å². The van der Waals surface area contributed by atoms with Crippen LogP contribution in [0.4, 0.5) is 4.79 Å². The second kappa shape index (κ2) is 5.51. The van der Waals surface area contributed by atoms with Gasteiger partial charge in [-0.25, -0.2) is 9.63 Å². The predicted octanol–water partition coefficient (Wildman–Crippen LogP) is 2.66. The van der Waals surface area contributed by atoms with E-state index in [4.69, 9.17) is 9.57 Å². The van der Waals surface area contributed by atoms with E-state index in [1.807, 2.05) is 30.3 Å². The minimum absolute atomic E-state index is 0.264. The molecule has 0 N–H and O–H groups in total. The van der Waals surface area contributed by atoms with Crippen LogP contribution < -0.4 is 5.48 Å². The van der Waals surface area contributed by atoms with Gasteiger partial charge < -0.3 is 4.74 Å². The summed E-state index contributed by atoms with van der Waals surface area (Å²) < 4.78 is 4.95. The van der Waals surface area contributed by atoms with E-state index < -0.39 is 11.7 Å². The first-order valence-corrected chi connectivity index (χ1v) is 5.07. The van der Waals surface area contributed by atoms with Gasteiger partial charge in [-0.1, -0.05) is 35.8 Å². The van der Waals surface area contributed by atoms with Gasteiger partial charge in [0.2, 0.25) is 0 Å². The highest BCUT2D eigenvalue weighted by Gasteiger charge is 2.17. The monoisotopic (exact) mass is 222 g/mol. The zero-order valence-electron chi connectivity index (χ0n) is 9.77. The molecule has 4 heteroatoms. The van der Waals surface area contributed by atoms with Crippen LogP contribution in [0.15, 0.2) is 30.3 Å². The topological polar surface area (TPSA) is 49.6 Å². The summed E-state index contributed by atoms with van der Waals surface area (Å²) >= 11 is 0. The average Bonchev–Trinajstić information content (AvgIpc) is 2.16. The van der Waals surface area contributed by atoms with Crippen molar-refractivity contribution in [3.8, 4) is 0 Å². The van der Waals surface area contributed by atoms with Gasteiger partial charge in [-0.15, -0.1) is 0 Å². The molecule has 0 saturated heterocycles. The number of hydrogen-bond donors (Lipinski definition) is 0. The molecule has 1 radical (unpaired) electrons. The molecule has 0 atom stereocenters. The number of amides is 1. The van der Waals surface area contributed by atoms with E-state index in [1.165, 1.54) is 0 Å². The first-order valence-electron chi connectivity index (χ1n) is 5.07. The predicted molar refractivity (Wildman–Crippen MR) is 59.6 cm³/mol. The van der Waals surface area contributed by atoms with Crippen molar-refractivity contribution < 1.29 is 14.4 Å². The maximum atomic E-state index is 11.1. The molecule has 0 spiro atoms. The van der Waals surface area contributed by atoms with Gasteiger partial charge in [0.1, 0.15) is 12.2 Å². The van der Waals surface area contributed by atoms with Crippen LogP contribution in [0.1, 0.15) is 26.3 Å². The number of carbonyl (C=O) groups is 1. The number of rotatable bonds is 3. The van der Waals surface area contributed by atoms with Crippen molar-refractivity contribution in [2.45, 2.75) is 33.0 Å². The van der Waals surface area contributed by atoms with Crippen LogP contribution in [0.5, 0.6) is 0 Å².